The van der Waals surface area contributed by atoms with E-state index in [0.29, 0.717) is 27.2 Å². The normalized spacial score (nSPS) is 13.4. The van der Waals surface area contributed by atoms with Gasteiger partial charge in [-0.15, -0.1) is 11.3 Å². The maximum atomic E-state index is 12.6. The van der Waals surface area contributed by atoms with E-state index in [1.165, 1.54) is 22.3 Å². The van der Waals surface area contributed by atoms with Crippen LogP contribution >= 0.6 is 34.5 Å². The molecule has 1 amide bonds. The highest BCUT2D eigenvalue weighted by atomic mass is 35.5. The Labute approximate surface area is 178 Å². The number of hydrogen-bond acceptors (Lipinski definition) is 4. The lowest BCUT2D eigenvalue weighted by Gasteiger charge is -2.12. The average molecular weight is 438 g/mol. The van der Waals surface area contributed by atoms with Crippen LogP contribution < -0.4 is 5.32 Å². The second-order valence-electron chi connectivity index (χ2n) is 6.55. The van der Waals surface area contributed by atoms with E-state index >= 15 is 0 Å². The van der Waals surface area contributed by atoms with Crippen molar-refractivity contribution in [3.05, 3.63) is 55.9 Å². The van der Waals surface area contributed by atoms with E-state index in [1.807, 2.05) is 6.92 Å². The van der Waals surface area contributed by atoms with Gasteiger partial charge in [-0.1, -0.05) is 36.2 Å². The quantitative estimate of drug-likeness (QED) is 0.435. The number of esters is 1. The van der Waals surface area contributed by atoms with Crippen LogP contribution in [0, 0.1) is 0 Å². The summed E-state index contributed by atoms with van der Waals surface area (Å²) in [5, 5.41) is 4.31. The van der Waals surface area contributed by atoms with Gasteiger partial charge < -0.3 is 10.1 Å². The number of carbonyl (C=O) groups excluding carboxylic acids is 2. The highest BCUT2D eigenvalue weighted by Crippen LogP contribution is 2.38. The van der Waals surface area contributed by atoms with Gasteiger partial charge in [0.1, 0.15) is 5.00 Å². The van der Waals surface area contributed by atoms with Gasteiger partial charge in [0, 0.05) is 11.0 Å². The van der Waals surface area contributed by atoms with Gasteiger partial charge in [-0.2, -0.15) is 0 Å². The Bertz CT molecular complexity index is 921. The van der Waals surface area contributed by atoms with Crippen molar-refractivity contribution in [1.29, 1.82) is 0 Å². The molecule has 1 aliphatic rings. The number of aryl methyl sites for hydroxylation is 1. The molecule has 0 unspecified atom stereocenters. The monoisotopic (exact) mass is 437 g/mol. The molecule has 2 aromatic rings. The Morgan fingerprint density at radius 2 is 2.00 bits per heavy atom. The van der Waals surface area contributed by atoms with Gasteiger partial charge in [0.2, 0.25) is 5.91 Å². The van der Waals surface area contributed by atoms with Crippen molar-refractivity contribution in [2.24, 2.45) is 0 Å². The number of hydrogen-bond donors (Lipinski definition) is 1. The number of halogens is 2. The highest BCUT2D eigenvalue weighted by Gasteiger charge is 2.27. The van der Waals surface area contributed by atoms with Crippen LogP contribution in [0.15, 0.2) is 24.3 Å². The fourth-order valence-electron chi connectivity index (χ4n) is 3.08. The summed E-state index contributed by atoms with van der Waals surface area (Å²) in [7, 11) is 0. The fourth-order valence-corrected chi connectivity index (χ4v) is 4.67. The molecular weight excluding hydrogens is 417 g/mol. The number of rotatable bonds is 6. The molecule has 1 N–H and O–H groups in total. The molecule has 0 atom stereocenters. The summed E-state index contributed by atoms with van der Waals surface area (Å²) in [4.78, 5) is 26.2. The molecule has 1 heterocycles. The van der Waals surface area contributed by atoms with Crippen molar-refractivity contribution < 1.29 is 14.3 Å². The predicted octanol–water partition coefficient (Wildman–Crippen LogP) is 6.15. The van der Waals surface area contributed by atoms with Gasteiger partial charge in [0.25, 0.3) is 0 Å². The summed E-state index contributed by atoms with van der Waals surface area (Å²) in [6.45, 7) is 2.32. The first kappa shape index (κ1) is 20.9. The molecule has 0 radical (unpaired) electrons. The van der Waals surface area contributed by atoms with E-state index in [0.717, 1.165) is 43.2 Å². The molecular formula is C21H21Cl2NO3S. The molecule has 0 saturated carbocycles. The van der Waals surface area contributed by atoms with Gasteiger partial charge in [0.15, 0.2) is 0 Å². The van der Waals surface area contributed by atoms with E-state index in [-0.39, 0.29) is 11.9 Å². The SMILES string of the molecule is CCCOC(=O)c1c(NC(=O)C=Cc2ccc(Cl)c(Cl)c2)sc2c1CCCC2. The van der Waals surface area contributed by atoms with Crippen LogP contribution in [-0.4, -0.2) is 18.5 Å². The second-order valence-corrected chi connectivity index (χ2v) is 8.47. The molecule has 3 rings (SSSR count). The molecule has 1 aromatic heterocycles. The number of anilines is 1. The molecule has 4 nitrogen and oxygen atoms in total. The third-order valence-electron chi connectivity index (χ3n) is 4.42. The van der Waals surface area contributed by atoms with Gasteiger partial charge in [-0.25, -0.2) is 4.79 Å². The number of ether oxygens (including phenoxy) is 1. The standard InChI is InChI=1S/C21H21Cl2NO3S/c1-2-11-27-21(26)19-14-5-3-4-6-17(14)28-20(19)24-18(25)10-8-13-7-9-15(22)16(23)12-13/h7-10,12H,2-6,11H2,1H3,(H,24,25). The Kier molecular flexibility index (Phi) is 7.16. The van der Waals surface area contributed by atoms with E-state index in [4.69, 9.17) is 27.9 Å². The molecule has 0 saturated heterocycles. The summed E-state index contributed by atoms with van der Waals surface area (Å²) in [5.74, 6) is -0.667. The smallest absolute Gasteiger partial charge is 0.341 e. The molecule has 28 heavy (non-hydrogen) atoms. The lowest BCUT2D eigenvalue weighted by atomic mass is 9.95. The van der Waals surface area contributed by atoms with Crippen molar-refractivity contribution in [1.82, 2.24) is 0 Å². The zero-order chi connectivity index (χ0) is 20.1. The predicted molar refractivity (Wildman–Crippen MR) is 116 cm³/mol. The maximum absolute atomic E-state index is 12.6. The van der Waals surface area contributed by atoms with E-state index in [2.05, 4.69) is 5.32 Å². The van der Waals surface area contributed by atoms with Crippen LogP contribution in [0.2, 0.25) is 10.0 Å². The van der Waals surface area contributed by atoms with Crippen LogP contribution in [0.3, 0.4) is 0 Å². The van der Waals surface area contributed by atoms with Crippen LogP contribution in [0.5, 0.6) is 0 Å². The van der Waals surface area contributed by atoms with Gasteiger partial charge in [-0.3, -0.25) is 4.79 Å². The summed E-state index contributed by atoms with van der Waals surface area (Å²) < 4.78 is 5.35. The third kappa shape index (κ3) is 4.96. The van der Waals surface area contributed by atoms with Gasteiger partial charge in [-0.05, 0) is 61.4 Å². The van der Waals surface area contributed by atoms with Crippen LogP contribution in [0.25, 0.3) is 6.08 Å². The molecule has 0 bridgehead atoms. The number of carbonyl (C=O) groups is 2. The van der Waals surface area contributed by atoms with E-state index in [9.17, 15) is 9.59 Å². The number of thiophene rings is 1. The molecule has 0 aliphatic heterocycles. The van der Waals surface area contributed by atoms with Gasteiger partial charge in [0.05, 0.1) is 22.2 Å². The van der Waals surface area contributed by atoms with Crippen LogP contribution in [0.1, 0.15) is 52.5 Å². The lowest BCUT2D eigenvalue weighted by Crippen LogP contribution is -2.14. The zero-order valence-electron chi connectivity index (χ0n) is 15.5. The Morgan fingerprint density at radius 3 is 2.75 bits per heavy atom. The fraction of sp³-hybridized carbons (Fsp3) is 0.333. The number of nitrogens with one attached hydrogen (secondary N) is 1. The van der Waals surface area contributed by atoms with E-state index in [1.54, 1.807) is 24.3 Å². The topological polar surface area (TPSA) is 55.4 Å². The van der Waals surface area contributed by atoms with Crippen molar-refractivity contribution in [2.45, 2.75) is 39.0 Å². The first-order chi connectivity index (χ1) is 13.5. The second kappa shape index (κ2) is 9.59. The maximum Gasteiger partial charge on any atom is 0.341 e. The molecule has 148 valence electrons. The van der Waals surface area contributed by atoms with Gasteiger partial charge >= 0.3 is 5.97 Å². The minimum Gasteiger partial charge on any atom is -0.462 e. The lowest BCUT2D eigenvalue weighted by molar-refractivity contribution is -0.111. The third-order valence-corrected chi connectivity index (χ3v) is 6.37. The Balaban J connectivity index is 1.79. The molecule has 1 aliphatic carbocycles. The first-order valence-corrected chi connectivity index (χ1v) is 10.8. The van der Waals surface area contributed by atoms with E-state index < -0.39 is 0 Å². The van der Waals surface area contributed by atoms with Crippen LogP contribution in [-0.2, 0) is 22.4 Å². The van der Waals surface area contributed by atoms with Crippen LogP contribution in [0.4, 0.5) is 5.00 Å². The largest absolute Gasteiger partial charge is 0.462 e. The molecule has 0 spiro atoms. The molecule has 7 heteroatoms. The number of benzene rings is 1. The summed E-state index contributed by atoms with van der Waals surface area (Å²) in [6.07, 6.45) is 7.75. The number of fused-ring (bicyclic) bond motifs is 1. The average Bonchev–Trinajstić information content (AvgIpc) is 3.04. The minimum absolute atomic E-state index is 0.311. The van der Waals surface area contributed by atoms with Crippen molar-refractivity contribution in [3.8, 4) is 0 Å². The first-order valence-electron chi connectivity index (χ1n) is 9.25. The Hall–Kier alpha value is -1.82. The summed E-state index contributed by atoms with van der Waals surface area (Å²) in [6, 6.07) is 5.14. The zero-order valence-corrected chi connectivity index (χ0v) is 17.8. The minimum atomic E-state index is -0.356. The van der Waals surface area contributed by atoms with Crippen molar-refractivity contribution >= 4 is 57.5 Å². The Morgan fingerprint density at radius 1 is 1.21 bits per heavy atom. The summed E-state index contributed by atoms with van der Waals surface area (Å²) >= 11 is 13.4. The van der Waals surface area contributed by atoms with Crippen molar-refractivity contribution in [2.75, 3.05) is 11.9 Å². The summed E-state index contributed by atoms with van der Waals surface area (Å²) in [5.41, 5.74) is 2.31. The number of amides is 1. The molecule has 0 fully saturated rings. The van der Waals surface area contributed by atoms with Crippen molar-refractivity contribution in [3.63, 3.8) is 0 Å². The molecule has 1 aromatic carbocycles. The highest BCUT2D eigenvalue weighted by molar-refractivity contribution is 7.17.